The number of ether oxygens (including phenoxy) is 1. The summed E-state index contributed by atoms with van der Waals surface area (Å²) >= 11 is 4.82. The van der Waals surface area contributed by atoms with Gasteiger partial charge in [-0.2, -0.15) is 0 Å². The Hall–Kier alpha value is -1.76. The zero-order valence-corrected chi connectivity index (χ0v) is 11.5. The van der Waals surface area contributed by atoms with Crippen LogP contribution < -0.4 is 10.6 Å². The summed E-state index contributed by atoms with van der Waals surface area (Å²) in [4.78, 5) is 21.9. The molecule has 18 heavy (non-hydrogen) atoms. The van der Waals surface area contributed by atoms with E-state index < -0.39 is 5.97 Å². The smallest absolute Gasteiger partial charge is 0.376 e. The monoisotopic (exact) mass is 268 g/mol. The summed E-state index contributed by atoms with van der Waals surface area (Å²) in [6.07, 6.45) is 0.586. The Labute approximate surface area is 111 Å². The van der Waals surface area contributed by atoms with Crippen molar-refractivity contribution in [1.29, 1.82) is 0 Å². The van der Waals surface area contributed by atoms with Crippen LogP contribution in [0.1, 0.15) is 22.7 Å². The first kappa shape index (κ1) is 14.3. The van der Waals surface area contributed by atoms with Crippen LogP contribution >= 0.6 is 12.2 Å². The van der Waals surface area contributed by atoms with Gasteiger partial charge in [0.25, 0.3) is 0 Å². The predicted octanol–water partition coefficient (Wildman–Crippen LogP) is 0.684. The lowest BCUT2D eigenvalue weighted by atomic mass is 10.3. The SMILES string of the molecule is COC(=O)c1nc(C)cc(N(C)CCC(N)=S)n1. The molecule has 0 aliphatic heterocycles. The van der Waals surface area contributed by atoms with Crippen LogP contribution in [-0.4, -0.2) is 41.6 Å². The van der Waals surface area contributed by atoms with E-state index in [2.05, 4.69) is 14.7 Å². The first-order valence-electron chi connectivity index (χ1n) is 5.37. The van der Waals surface area contributed by atoms with Crippen molar-refractivity contribution < 1.29 is 9.53 Å². The molecule has 0 aliphatic carbocycles. The van der Waals surface area contributed by atoms with Crippen LogP contribution in [0.3, 0.4) is 0 Å². The zero-order chi connectivity index (χ0) is 13.7. The van der Waals surface area contributed by atoms with Gasteiger partial charge in [0, 0.05) is 31.8 Å². The molecule has 1 aromatic heterocycles. The summed E-state index contributed by atoms with van der Waals surface area (Å²) in [7, 11) is 3.14. The number of carbonyl (C=O) groups excluding carboxylic acids is 1. The number of esters is 1. The Bertz CT molecular complexity index is 464. The number of aryl methyl sites for hydroxylation is 1. The number of hydrogen-bond acceptors (Lipinski definition) is 6. The largest absolute Gasteiger partial charge is 0.463 e. The third-order valence-corrected chi connectivity index (χ3v) is 2.50. The van der Waals surface area contributed by atoms with Crippen molar-refractivity contribution in [3.8, 4) is 0 Å². The van der Waals surface area contributed by atoms with Crippen molar-refractivity contribution >= 4 is 29.0 Å². The van der Waals surface area contributed by atoms with Crippen molar-refractivity contribution in [2.45, 2.75) is 13.3 Å². The van der Waals surface area contributed by atoms with Gasteiger partial charge in [-0.05, 0) is 6.92 Å². The second kappa shape index (κ2) is 6.25. The fourth-order valence-electron chi connectivity index (χ4n) is 1.32. The molecule has 0 saturated carbocycles. The minimum atomic E-state index is -0.553. The molecular weight excluding hydrogens is 252 g/mol. The van der Waals surface area contributed by atoms with E-state index in [9.17, 15) is 4.79 Å². The third-order valence-electron chi connectivity index (χ3n) is 2.29. The summed E-state index contributed by atoms with van der Waals surface area (Å²) in [5.41, 5.74) is 6.14. The number of thiocarbonyl (C=S) groups is 1. The van der Waals surface area contributed by atoms with E-state index in [-0.39, 0.29) is 5.82 Å². The van der Waals surface area contributed by atoms with Crippen LogP contribution in [-0.2, 0) is 4.74 Å². The quantitative estimate of drug-likeness (QED) is 0.621. The summed E-state index contributed by atoms with van der Waals surface area (Å²) in [6, 6.07) is 1.78. The molecule has 2 N–H and O–H groups in total. The Morgan fingerprint density at radius 2 is 2.22 bits per heavy atom. The highest BCUT2D eigenvalue weighted by molar-refractivity contribution is 7.80. The summed E-state index contributed by atoms with van der Waals surface area (Å²) in [5.74, 6) is 0.136. The molecule has 1 heterocycles. The highest BCUT2D eigenvalue weighted by Crippen LogP contribution is 2.11. The molecule has 0 bridgehead atoms. The normalized spacial score (nSPS) is 9.94. The average Bonchev–Trinajstić information content (AvgIpc) is 2.34. The number of rotatable bonds is 5. The van der Waals surface area contributed by atoms with Gasteiger partial charge in [0.1, 0.15) is 5.82 Å². The van der Waals surface area contributed by atoms with Crippen LogP contribution in [0.5, 0.6) is 0 Å². The van der Waals surface area contributed by atoms with E-state index in [1.54, 1.807) is 13.0 Å². The number of nitrogens with zero attached hydrogens (tertiary/aromatic N) is 3. The van der Waals surface area contributed by atoms with E-state index in [0.717, 1.165) is 0 Å². The van der Waals surface area contributed by atoms with Crippen LogP contribution in [0, 0.1) is 6.92 Å². The number of hydrogen-bond donors (Lipinski definition) is 1. The topological polar surface area (TPSA) is 81.3 Å². The van der Waals surface area contributed by atoms with Gasteiger partial charge in [0.05, 0.1) is 12.1 Å². The summed E-state index contributed by atoms with van der Waals surface area (Å²) in [5, 5.41) is 0. The Morgan fingerprint density at radius 3 is 2.78 bits per heavy atom. The standard InChI is InChI=1S/C11H16N4O2S/c1-7-6-9(15(2)5-4-8(12)18)14-10(13-7)11(16)17-3/h6H,4-5H2,1-3H3,(H2,12,18). The fraction of sp³-hybridized carbons (Fsp3) is 0.455. The molecule has 0 atom stereocenters. The lowest BCUT2D eigenvalue weighted by molar-refractivity contribution is 0.0586. The molecule has 0 unspecified atom stereocenters. The van der Waals surface area contributed by atoms with Crippen LogP contribution in [0.2, 0.25) is 0 Å². The Morgan fingerprint density at radius 1 is 1.56 bits per heavy atom. The van der Waals surface area contributed by atoms with E-state index in [4.69, 9.17) is 18.0 Å². The minimum Gasteiger partial charge on any atom is -0.463 e. The van der Waals surface area contributed by atoms with Gasteiger partial charge in [-0.3, -0.25) is 0 Å². The molecule has 6 nitrogen and oxygen atoms in total. The third kappa shape index (κ3) is 3.92. The van der Waals surface area contributed by atoms with Crippen molar-refractivity contribution in [2.24, 2.45) is 5.73 Å². The Balaban J connectivity index is 2.91. The van der Waals surface area contributed by atoms with E-state index >= 15 is 0 Å². The summed E-state index contributed by atoms with van der Waals surface area (Å²) in [6.45, 7) is 2.42. The number of anilines is 1. The van der Waals surface area contributed by atoms with Crippen molar-refractivity contribution in [3.05, 3.63) is 17.6 Å². The van der Waals surface area contributed by atoms with Crippen LogP contribution in [0.4, 0.5) is 5.82 Å². The van der Waals surface area contributed by atoms with Gasteiger partial charge in [-0.25, -0.2) is 14.8 Å². The molecule has 0 fully saturated rings. The minimum absolute atomic E-state index is 0.0506. The van der Waals surface area contributed by atoms with Gasteiger partial charge in [0.15, 0.2) is 0 Å². The second-order valence-corrected chi connectivity index (χ2v) is 4.34. The lowest BCUT2D eigenvalue weighted by Crippen LogP contribution is -2.25. The Kier molecular flexibility index (Phi) is 4.96. The van der Waals surface area contributed by atoms with Gasteiger partial charge in [0.2, 0.25) is 5.82 Å². The number of carbonyl (C=O) groups is 1. The molecule has 0 aromatic carbocycles. The van der Waals surface area contributed by atoms with Gasteiger partial charge < -0.3 is 15.4 Å². The van der Waals surface area contributed by atoms with Crippen molar-refractivity contribution in [1.82, 2.24) is 9.97 Å². The molecule has 0 aliphatic rings. The number of methoxy groups -OCH3 is 1. The first-order valence-corrected chi connectivity index (χ1v) is 5.78. The number of aromatic nitrogens is 2. The van der Waals surface area contributed by atoms with Crippen molar-refractivity contribution in [2.75, 3.05) is 25.6 Å². The number of nitrogens with two attached hydrogens (primary N) is 1. The average molecular weight is 268 g/mol. The van der Waals surface area contributed by atoms with E-state index in [1.807, 2.05) is 11.9 Å². The van der Waals surface area contributed by atoms with Gasteiger partial charge >= 0.3 is 5.97 Å². The molecule has 0 spiro atoms. The highest BCUT2D eigenvalue weighted by Gasteiger charge is 2.13. The summed E-state index contributed by atoms with van der Waals surface area (Å²) < 4.78 is 4.60. The van der Waals surface area contributed by atoms with Gasteiger partial charge in [-0.1, -0.05) is 12.2 Å². The van der Waals surface area contributed by atoms with E-state index in [1.165, 1.54) is 7.11 Å². The first-order chi connectivity index (χ1) is 8.43. The molecule has 0 radical (unpaired) electrons. The maximum atomic E-state index is 11.4. The van der Waals surface area contributed by atoms with Crippen molar-refractivity contribution in [3.63, 3.8) is 0 Å². The molecular formula is C11H16N4O2S. The molecule has 0 amide bonds. The van der Waals surface area contributed by atoms with Crippen LogP contribution in [0.15, 0.2) is 6.07 Å². The lowest BCUT2D eigenvalue weighted by Gasteiger charge is -2.18. The second-order valence-electron chi connectivity index (χ2n) is 3.82. The fourth-order valence-corrected chi connectivity index (χ4v) is 1.41. The maximum Gasteiger partial charge on any atom is 0.376 e. The molecule has 98 valence electrons. The predicted molar refractivity (Wildman–Crippen MR) is 72.8 cm³/mol. The highest BCUT2D eigenvalue weighted by atomic mass is 32.1. The molecule has 0 saturated heterocycles. The maximum absolute atomic E-state index is 11.4. The zero-order valence-electron chi connectivity index (χ0n) is 10.6. The van der Waals surface area contributed by atoms with Crippen LogP contribution in [0.25, 0.3) is 0 Å². The van der Waals surface area contributed by atoms with E-state index in [0.29, 0.717) is 29.5 Å². The molecule has 1 rings (SSSR count). The molecule has 7 heteroatoms. The molecule has 1 aromatic rings. The van der Waals surface area contributed by atoms with Gasteiger partial charge in [-0.15, -0.1) is 0 Å².